The molecular weight excluding hydrogens is 144 g/mol. The van der Waals surface area contributed by atoms with Crippen LogP contribution in [0.1, 0.15) is 20.3 Å². The number of Topliss-reactive ketones (excluding diaryl/α,β-unsaturated/α-hetero) is 1. The highest BCUT2D eigenvalue weighted by Crippen LogP contribution is 2.26. The predicted molar refractivity (Wildman–Crippen MR) is 40.1 cm³/mol. The number of hydrogen-bond acceptors (Lipinski definition) is 3. The smallest absolute Gasteiger partial charge is 0.158 e. The largest absolute Gasteiger partial charge is 0.356 e. The Labute approximate surface area is 66.7 Å². The summed E-state index contributed by atoms with van der Waals surface area (Å²) in [5.74, 6) is 0.384. The van der Waals surface area contributed by atoms with Gasteiger partial charge in [0.15, 0.2) is 12.1 Å². The molecule has 0 amide bonds. The van der Waals surface area contributed by atoms with Gasteiger partial charge in [0.1, 0.15) is 6.10 Å². The Kier molecular flexibility index (Phi) is 2.62. The minimum Gasteiger partial charge on any atom is -0.356 e. The lowest BCUT2D eigenvalue weighted by Crippen LogP contribution is -2.23. The minimum absolute atomic E-state index is 0.0945. The molecule has 0 aliphatic carbocycles. The molecule has 1 heterocycles. The lowest BCUT2D eigenvalue weighted by Gasteiger charge is -2.10. The van der Waals surface area contributed by atoms with Crippen molar-refractivity contribution in [2.75, 3.05) is 7.11 Å². The lowest BCUT2D eigenvalue weighted by molar-refractivity contribution is -0.145. The summed E-state index contributed by atoms with van der Waals surface area (Å²) < 4.78 is 10.3. The van der Waals surface area contributed by atoms with Crippen molar-refractivity contribution >= 4 is 5.78 Å². The van der Waals surface area contributed by atoms with E-state index in [1.165, 1.54) is 0 Å². The zero-order chi connectivity index (χ0) is 8.43. The summed E-state index contributed by atoms with van der Waals surface area (Å²) >= 11 is 0. The van der Waals surface area contributed by atoms with Crippen molar-refractivity contribution in [1.82, 2.24) is 0 Å². The van der Waals surface area contributed by atoms with Gasteiger partial charge >= 0.3 is 0 Å². The Morgan fingerprint density at radius 3 is 2.55 bits per heavy atom. The molecule has 2 unspecified atom stereocenters. The number of carbonyl (C=O) groups is 1. The van der Waals surface area contributed by atoms with Gasteiger partial charge in [-0.05, 0) is 12.8 Å². The molecule has 11 heavy (non-hydrogen) atoms. The van der Waals surface area contributed by atoms with Crippen molar-refractivity contribution in [2.45, 2.75) is 32.7 Å². The van der Waals surface area contributed by atoms with Crippen LogP contribution < -0.4 is 0 Å². The van der Waals surface area contributed by atoms with Gasteiger partial charge in [0, 0.05) is 13.5 Å². The van der Waals surface area contributed by atoms with Crippen LogP contribution in [0.5, 0.6) is 0 Å². The Morgan fingerprint density at radius 1 is 1.64 bits per heavy atom. The highest BCUT2D eigenvalue weighted by Gasteiger charge is 2.34. The third-order valence-electron chi connectivity index (χ3n) is 2.04. The van der Waals surface area contributed by atoms with Crippen molar-refractivity contribution in [3.63, 3.8) is 0 Å². The zero-order valence-corrected chi connectivity index (χ0v) is 7.16. The second-order valence-corrected chi connectivity index (χ2v) is 3.05. The van der Waals surface area contributed by atoms with Crippen LogP contribution in [0, 0.1) is 5.92 Å². The van der Waals surface area contributed by atoms with Crippen molar-refractivity contribution in [3.8, 4) is 0 Å². The van der Waals surface area contributed by atoms with Gasteiger partial charge in [-0.2, -0.15) is 0 Å². The standard InChI is InChI=1S/C8H14O3/c1-5-4-7(10-3)11-8(5)6(2)9/h5,7-8H,4H2,1-3H3/t5-,7?,8?/m1/s1. The first kappa shape index (κ1) is 8.68. The van der Waals surface area contributed by atoms with E-state index in [1.54, 1.807) is 14.0 Å². The normalized spacial score (nSPS) is 37.5. The van der Waals surface area contributed by atoms with Gasteiger partial charge in [0.05, 0.1) is 0 Å². The van der Waals surface area contributed by atoms with Crippen LogP contribution in [0.2, 0.25) is 0 Å². The molecule has 64 valence electrons. The highest BCUT2D eigenvalue weighted by atomic mass is 16.7. The molecule has 0 aromatic rings. The number of ether oxygens (including phenoxy) is 2. The fourth-order valence-corrected chi connectivity index (χ4v) is 1.43. The van der Waals surface area contributed by atoms with E-state index in [1.807, 2.05) is 6.92 Å². The first-order valence-corrected chi connectivity index (χ1v) is 3.84. The molecule has 0 aromatic heterocycles. The van der Waals surface area contributed by atoms with Crippen molar-refractivity contribution in [3.05, 3.63) is 0 Å². The molecule has 1 aliphatic heterocycles. The van der Waals surface area contributed by atoms with Crippen LogP contribution in [-0.2, 0) is 14.3 Å². The SMILES string of the molecule is COC1C[C@@H](C)C(C(C)=O)O1. The van der Waals surface area contributed by atoms with Crippen molar-refractivity contribution in [1.29, 1.82) is 0 Å². The van der Waals surface area contributed by atoms with E-state index in [0.29, 0.717) is 0 Å². The summed E-state index contributed by atoms with van der Waals surface area (Å²) in [6.45, 7) is 3.56. The molecule has 1 saturated heterocycles. The fraction of sp³-hybridized carbons (Fsp3) is 0.875. The molecule has 0 spiro atoms. The molecule has 0 radical (unpaired) electrons. The predicted octanol–water partition coefficient (Wildman–Crippen LogP) is 0.973. The number of rotatable bonds is 2. The quantitative estimate of drug-likeness (QED) is 0.600. The minimum atomic E-state index is -0.250. The number of hydrogen-bond donors (Lipinski definition) is 0. The molecule has 0 N–H and O–H groups in total. The molecule has 1 rings (SSSR count). The van der Waals surface area contributed by atoms with Gasteiger partial charge in [0.2, 0.25) is 0 Å². The Balaban J connectivity index is 2.51. The van der Waals surface area contributed by atoms with Crippen LogP contribution >= 0.6 is 0 Å². The van der Waals surface area contributed by atoms with Crippen LogP contribution in [0.25, 0.3) is 0 Å². The van der Waals surface area contributed by atoms with E-state index in [0.717, 1.165) is 6.42 Å². The molecular formula is C8H14O3. The maximum Gasteiger partial charge on any atom is 0.158 e. The maximum atomic E-state index is 10.9. The maximum absolute atomic E-state index is 10.9. The average molecular weight is 158 g/mol. The lowest BCUT2D eigenvalue weighted by atomic mass is 10.0. The first-order valence-electron chi connectivity index (χ1n) is 3.84. The number of methoxy groups -OCH3 is 1. The third kappa shape index (κ3) is 1.79. The number of ketones is 1. The summed E-state index contributed by atoms with van der Waals surface area (Å²) in [5, 5.41) is 0. The molecule has 3 atom stereocenters. The van der Waals surface area contributed by atoms with Gasteiger partial charge in [-0.15, -0.1) is 0 Å². The van der Waals surface area contributed by atoms with Crippen LogP contribution in [0.15, 0.2) is 0 Å². The monoisotopic (exact) mass is 158 g/mol. The number of carbonyl (C=O) groups excluding carboxylic acids is 1. The van der Waals surface area contributed by atoms with Crippen LogP contribution in [0.4, 0.5) is 0 Å². The molecule has 0 saturated carbocycles. The molecule has 0 bridgehead atoms. The second-order valence-electron chi connectivity index (χ2n) is 3.05. The third-order valence-corrected chi connectivity index (χ3v) is 2.04. The summed E-state index contributed by atoms with van der Waals surface area (Å²) in [4.78, 5) is 10.9. The second kappa shape index (κ2) is 3.32. The summed E-state index contributed by atoms with van der Waals surface area (Å²) in [5.41, 5.74) is 0. The van der Waals surface area contributed by atoms with Crippen molar-refractivity contribution in [2.24, 2.45) is 5.92 Å². The summed E-state index contributed by atoms with van der Waals surface area (Å²) in [7, 11) is 1.60. The fourth-order valence-electron chi connectivity index (χ4n) is 1.43. The highest BCUT2D eigenvalue weighted by molar-refractivity contribution is 5.81. The molecule has 3 heteroatoms. The van der Waals surface area contributed by atoms with Gasteiger partial charge in [0.25, 0.3) is 0 Å². The van der Waals surface area contributed by atoms with Crippen molar-refractivity contribution < 1.29 is 14.3 Å². The summed E-state index contributed by atoms with van der Waals surface area (Å²) in [6, 6.07) is 0. The molecule has 1 fully saturated rings. The van der Waals surface area contributed by atoms with E-state index in [4.69, 9.17) is 9.47 Å². The van der Waals surface area contributed by atoms with E-state index in [9.17, 15) is 4.79 Å². The van der Waals surface area contributed by atoms with E-state index >= 15 is 0 Å². The Hall–Kier alpha value is -0.410. The zero-order valence-electron chi connectivity index (χ0n) is 7.16. The average Bonchev–Trinajstić information content (AvgIpc) is 2.30. The van der Waals surface area contributed by atoms with Gasteiger partial charge in [-0.25, -0.2) is 0 Å². The van der Waals surface area contributed by atoms with Gasteiger partial charge in [-0.1, -0.05) is 6.92 Å². The topological polar surface area (TPSA) is 35.5 Å². The van der Waals surface area contributed by atoms with E-state index < -0.39 is 0 Å². The molecule has 0 aromatic carbocycles. The van der Waals surface area contributed by atoms with Crippen LogP contribution in [-0.4, -0.2) is 25.3 Å². The Bertz CT molecular complexity index is 155. The Morgan fingerprint density at radius 2 is 2.27 bits per heavy atom. The van der Waals surface area contributed by atoms with Gasteiger partial charge in [-0.3, -0.25) is 4.79 Å². The summed E-state index contributed by atoms with van der Waals surface area (Å²) in [6.07, 6.45) is 0.389. The van der Waals surface area contributed by atoms with E-state index in [2.05, 4.69) is 0 Å². The first-order chi connectivity index (χ1) is 5.15. The van der Waals surface area contributed by atoms with Gasteiger partial charge < -0.3 is 9.47 Å². The molecule has 1 aliphatic rings. The van der Waals surface area contributed by atoms with E-state index in [-0.39, 0.29) is 24.1 Å². The molecule has 3 nitrogen and oxygen atoms in total. The van der Waals surface area contributed by atoms with Crippen LogP contribution in [0.3, 0.4) is 0 Å².